The number of hydrogen-bond acceptors (Lipinski definition) is 3. The van der Waals surface area contributed by atoms with Crippen molar-refractivity contribution in [2.45, 2.75) is 18.3 Å². The SMILES string of the molecule is CN1CCOc2ccc(C3(CN)CC3)cc21. The molecule has 1 aromatic rings. The van der Waals surface area contributed by atoms with E-state index in [1.807, 2.05) is 0 Å². The zero-order valence-corrected chi connectivity index (χ0v) is 9.70. The van der Waals surface area contributed by atoms with E-state index in [2.05, 4.69) is 30.1 Å². The lowest BCUT2D eigenvalue weighted by Gasteiger charge is -2.29. The van der Waals surface area contributed by atoms with Crippen LogP contribution in [-0.4, -0.2) is 26.7 Å². The number of ether oxygens (including phenoxy) is 1. The summed E-state index contributed by atoms with van der Waals surface area (Å²) in [6.07, 6.45) is 2.46. The highest BCUT2D eigenvalue weighted by Crippen LogP contribution is 2.49. The van der Waals surface area contributed by atoms with E-state index in [9.17, 15) is 0 Å². The maximum absolute atomic E-state index is 5.87. The standard InChI is InChI=1S/C13H18N2O/c1-15-6-7-16-12-3-2-10(8-11(12)15)13(9-14)4-5-13/h2-3,8H,4-7,9,14H2,1H3. The summed E-state index contributed by atoms with van der Waals surface area (Å²) in [6.45, 7) is 2.51. The fourth-order valence-corrected chi connectivity index (χ4v) is 2.44. The van der Waals surface area contributed by atoms with Crippen molar-refractivity contribution < 1.29 is 4.74 Å². The van der Waals surface area contributed by atoms with Gasteiger partial charge in [0.15, 0.2) is 0 Å². The second-order valence-electron chi connectivity index (χ2n) is 4.94. The molecule has 0 unspecified atom stereocenters. The Morgan fingerprint density at radius 1 is 1.44 bits per heavy atom. The van der Waals surface area contributed by atoms with Crippen LogP contribution in [0.5, 0.6) is 5.75 Å². The number of hydrogen-bond donors (Lipinski definition) is 1. The lowest BCUT2D eigenvalue weighted by atomic mass is 9.95. The van der Waals surface area contributed by atoms with Crippen LogP contribution in [0.25, 0.3) is 0 Å². The van der Waals surface area contributed by atoms with Crippen LogP contribution in [0.4, 0.5) is 5.69 Å². The minimum atomic E-state index is 0.271. The Morgan fingerprint density at radius 3 is 2.94 bits per heavy atom. The molecule has 0 bridgehead atoms. The molecular formula is C13H18N2O. The molecule has 16 heavy (non-hydrogen) atoms. The van der Waals surface area contributed by atoms with Crippen molar-refractivity contribution in [1.82, 2.24) is 0 Å². The highest BCUT2D eigenvalue weighted by Gasteiger charge is 2.43. The Balaban J connectivity index is 2.01. The van der Waals surface area contributed by atoms with Gasteiger partial charge in [-0.2, -0.15) is 0 Å². The normalized spacial score (nSPS) is 21.2. The maximum atomic E-state index is 5.87. The molecular weight excluding hydrogens is 200 g/mol. The van der Waals surface area contributed by atoms with Crippen LogP contribution in [0.2, 0.25) is 0 Å². The van der Waals surface area contributed by atoms with E-state index in [-0.39, 0.29) is 5.41 Å². The molecule has 0 aromatic heterocycles. The van der Waals surface area contributed by atoms with E-state index in [4.69, 9.17) is 10.5 Å². The van der Waals surface area contributed by atoms with Crippen LogP contribution < -0.4 is 15.4 Å². The number of fused-ring (bicyclic) bond motifs is 1. The number of rotatable bonds is 2. The molecule has 1 aliphatic carbocycles. The molecule has 86 valence electrons. The molecule has 1 saturated carbocycles. The molecule has 0 saturated heterocycles. The first-order chi connectivity index (χ1) is 7.75. The van der Waals surface area contributed by atoms with Crippen molar-refractivity contribution in [3.8, 4) is 5.75 Å². The van der Waals surface area contributed by atoms with Crippen molar-refractivity contribution in [3.63, 3.8) is 0 Å². The van der Waals surface area contributed by atoms with E-state index in [1.54, 1.807) is 0 Å². The molecule has 1 aromatic carbocycles. The van der Waals surface area contributed by atoms with Crippen LogP contribution in [0.1, 0.15) is 18.4 Å². The van der Waals surface area contributed by atoms with Crippen molar-refractivity contribution in [1.29, 1.82) is 0 Å². The van der Waals surface area contributed by atoms with Gasteiger partial charge in [-0.1, -0.05) is 6.07 Å². The van der Waals surface area contributed by atoms with Crippen LogP contribution in [-0.2, 0) is 5.41 Å². The highest BCUT2D eigenvalue weighted by molar-refractivity contribution is 5.62. The lowest BCUT2D eigenvalue weighted by Crippen LogP contribution is -2.29. The van der Waals surface area contributed by atoms with Crippen LogP contribution >= 0.6 is 0 Å². The average Bonchev–Trinajstić information content (AvgIpc) is 3.10. The zero-order chi connectivity index (χ0) is 11.2. The number of likely N-dealkylation sites (N-methyl/N-ethyl adjacent to an activating group) is 1. The molecule has 3 heteroatoms. The predicted octanol–water partition coefficient (Wildman–Crippen LogP) is 1.51. The van der Waals surface area contributed by atoms with Gasteiger partial charge in [-0.05, 0) is 30.5 Å². The molecule has 0 amide bonds. The Morgan fingerprint density at radius 2 is 2.25 bits per heavy atom. The Hall–Kier alpha value is -1.22. The Labute approximate surface area is 96.2 Å². The van der Waals surface area contributed by atoms with Crippen LogP contribution in [0, 0.1) is 0 Å². The minimum absolute atomic E-state index is 0.271. The van der Waals surface area contributed by atoms with Gasteiger partial charge >= 0.3 is 0 Å². The second-order valence-corrected chi connectivity index (χ2v) is 4.94. The third-order valence-corrected chi connectivity index (χ3v) is 3.91. The zero-order valence-electron chi connectivity index (χ0n) is 9.70. The molecule has 0 radical (unpaired) electrons. The molecule has 2 aliphatic rings. The van der Waals surface area contributed by atoms with Gasteiger partial charge in [0.2, 0.25) is 0 Å². The van der Waals surface area contributed by atoms with Crippen molar-refractivity contribution >= 4 is 5.69 Å². The number of anilines is 1. The maximum Gasteiger partial charge on any atom is 0.142 e. The van der Waals surface area contributed by atoms with Gasteiger partial charge in [0.25, 0.3) is 0 Å². The smallest absolute Gasteiger partial charge is 0.142 e. The first kappa shape index (κ1) is 9.97. The first-order valence-electron chi connectivity index (χ1n) is 5.94. The average molecular weight is 218 g/mol. The van der Waals surface area contributed by atoms with Gasteiger partial charge in [0, 0.05) is 19.0 Å². The largest absolute Gasteiger partial charge is 0.490 e. The summed E-state index contributed by atoms with van der Waals surface area (Å²) < 4.78 is 5.64. The van der Waals surface area contributed by atoms with Gasteiger partial charge < -0.3 is 15.4 Å². The van der Waals surface area contributed by atoms with Gasteiger partial charge in [-0.3, -0.25) is 0 Å². The first-order valence-corrected chi connectivity index (χ1v) is 5.94. The van der Waals surface area contributed by atoms with E-state index in [0.29, 0.717) is 0 Å². The predicted molar refractivity (Wildman–Crippen MR) is 65.2 cm³/mol. The van der Waals surface area contributed by atoms with Crippen LogP contribution in [0.15, 0.2) is 18.2 Å². The van der Waals surface area contributed by atoms with E-state index in [1.165, 1.54) is 24.1 Å². The van der Waals surface area contributed by atoms with Crippen molar-refractivity contribution in [2.24, 2.45) is 5.73 Å². The van der Waals surface area contributed by atoms with Crippen molar-refractivity contribution in [3.05, 3.63) is 23.8 Å². The molecule has 0 spiro atoms. The quantitative estimate of drug-likeness (QED) is 0.817. The number of nitrogens with two attached hydrogens (primary N) is 1. The third-order valence-electron chi connectivity index (χ3n) is 3.91. The molecule has 2 N–H and O–H groups in total. The second kappa shape index (κ2) is 3.39. The Kier molecular flexibility index (Phi) is 2.11. The fourth-order valence-electron chi connectivity index (χ4n) is 2.44. The molecule has 1 heterocycles. The highest BCUT2D eigenvalue weighted by atomic mass is 16.5. The summed E-state index contributed by atoms with van der Waals surface area (Å²) in [4.78, 5) is 2.26. The van der Waals surface area contributed by atoms with Gasteiger partial charge in [0.1, 0.15) is 12.4 Å². The molecule has 0 atom stereocenters. The lowest BCUT2D eigenvalue weighted by molar-refractivity contribution is 0.311. The molecule has 3 nitrogen and oxygen atoms in total. The van der Waals surface area contributed by atoms with E-state index < -0.39 is 0 Å². The summed E-state index contributed by atoms with van der Waals surface area (Å²) in [5, 5.41) is 0. The van der Waals surface area contributed by atoms with Gasteiger partial charge in [-0.15, -0.1) is 0 Å². The third kappa shape index (κ3) is 1.39. The summed E-state index contributed by atoms with van der Waals surface area (Å²) in [5.74, 6) is 1.00. The van der Waals surface area contributed by atoms with Gasteiger partial charge in [0.05, 0.1) is 12.2 Å². The van der Waals surface area contributed by atoms with Gasteiger partial charge in [-0.25, -0.2) is 0 Å². The summed E-state index contributed by atoms with van der Waals surface area (Å²) in [5.41, 5.74) is 8.73. The van der Waals surface area contributed by atoms with E-state index >= 15 is 0 Å². The molecule has 1 aliphatic heterocycles. The summed E-state index contributed by atoms with van der Waals surface area (Å²) in [6, 6.07) is 6.53. The fraction of sp³-hybridized carbons (Fsp3) is 0.538. The summed E-state index contributed by atoms with van der Waals surface area (Å²) >= 11 is 0. The Bertz CT molecular complexity index is 412. The number of nitrogens with zero attached hydrogens (tertiary/aromatic N) is 1. The molecule has 1 fully saturated rings. The van der Waals surface area contributed by atoms with Crippen LogP contribution in [0.3, 0.4) is 0 Å². The van der Waals surface area contributed by atoms with E-state index in [0.717, 1.165) is 25.4 Å². The molecule has 3 rings (SSSR count). The van der Waals surface area contributed by atoms with Crippen molar-refractivity contribution in [2.75, 3.05) is 31.6 Å². The number of benzene rings is 1. The minimum Gasteiger partial charge on any atom is -0.490 e. The summed E-state index contributed by atoms with van der Waals surface area (Å²) in [7, 11) is 2.12. The monoisotopic (exact) mass is 218 g/mol. The topological polar surface area (TPSA) is 38.5 Å².